The Kier molecular flexibility index (Phi) is 6.25. The van der Waals surface area contributed by atoms with Crippen molar-refractivity contribution in [2.75, 3.05) is 7.11 Å². The number of nitrogens with one attached hydrogen (secondary N) is 2. The zero-order valence-electron chi connectivity index (χ0n) is 17.5. The zero-order chi connectivity index (χ0) is 22.5. The monoisotopic (exact) mass is 435 g/mol. The highest BCUT2D eigenvalue weighted by atomic mass is 19.1. The van der Waals surface area contributed by atoms with Crippen molar-refractivity contribution in [1.82, 2.24) is 25.1 Å². The largest absolute Gasteiger partial charge is 0.494 e. The van der Waals surface area contributed by atoms with Gasteiger partial charge in [-0.3, -0.25) is 14.3 Å². The number of aromatic amines is 1. The number of hydrogen-bond donors (Lipinski definition) is 2. The molecule has 0 saturated heterocycles. The quantitative estimate of drug-likeness (QED) is 0.443. The molecule has 0 atom stereocenters. The predicted octanol–water partition coefficient (Wildman–Crippen LogP) is 2.83. The van der Waals surface area contributed by atoms with E-state index in [1.165, 1.54) is 37.1 Å². The number of halogens is 1. The van der Waals surface area contributed by atoms with Gasteiger partial charge in [-0.25, -0.2) is 9.37 Å². The third-order valence-electron chi connectivity index (χ3n) is 5.06. The second-order valence-corrected chi connectivity index (χ2v) is 7.26. The zero-order valence-corrected chi connectivity index (χ0v) is 17.5. The number of aromatic nitrogens is 4. The summed E-state index contributed by atoms with van der Waals surface area (Å²) in [6, 6.07) is 14.4. The van der Waals surface area contributed by atoms with Gasteiger partial charge in [0.05, 0.1) is 13.3 Å². The number of rotatable bonds is 8. The summed E-state index contributed by atoms with van der Waals surface area (Å²) in [6.07, 6.45) is 3.15. The number of nitrogens with zero attached hydrogens (tertiary/aromatic N) is 3. The highest BCUT2D eigenvalue weighted by Gasteiger charge is 2.15. The lowest BCUT2D eigenvalue weighted by Crippen LogP contribution is -2.28. The van der Waals surface area contributed by atoms with Gasteiger partial charge in [0, 0.05) is 13.1 Å². The minimum atomic E-state index is -0.552. The van der Waals surface area contributed by atoms with E-state index in [0.29, 0.717) is 23.1 Å². The van der Waals surface area contributed by atoms with Crippen LogP contribution < -0.4 is 15.6 Å². The average molecular weight is 435 g/mol. The van der Waals surface area contributed by atoms with Crippen molar-refractivity contribution in [1.29, 1.82) is 0 Å². The van der Waals surface area contributed by atoms with E-state index in [1.807, 2.05) is 18.2 Å². The van der Waals surface area contributed by atoms with Crippen LogP contribution in [0.1, 0.15) is 28.2 Å². The van der Waals surface area contributed by atoms with Crippen LogP contribution in [0.3, 0.4) is 0 Å². The van der Waals surface area contributed by atoms with Gasteiger partial charge in [-0.1, -0.05) is 36.4 Å². The number of amides is 1. The SMILES string of the molecule is COc1cc(CNC(=O)c2nc3cnn(CCCc4ccccc4)c3c(=O)[nH]2)ccc1F. The highest BCUT2D eigenvalue weighted by Crippen LogP contribution is 2.18. The fourth-order valence-electron chi connectivity index (χ4n) is 3.44. The van der Waals surface area contributed by atoms with Crippen molar-refractivity contribution >= 4 is 16.9 Å². The van der Waals surface area contributed by atoms with Gasteiger partial charge in [0.2, 0.25) is 0 Å². The number of carbonyl (C=O) groups is 1. The lowest BCUT2D eigenvalue weighted by molar-refractivity contribution is 0.0940. The first-order valence-electron chi connectivity index (χ1n) is 10.2. The number of hydrogen-bond acceptors (Lipinski definition) is 5. The maximum Gasteiger partial charge on any atom is 0.287 e. The van der Waals surface area contributed by atoms with Crippen molar-refractivity contribution in [2.45, 2.75) is 25.9 Å². The van der Waals surface area contributed by atoms with Crippen LogP contribution in [-0.4, -0.2) is 32.8 Å². The number of aryl methyl sites for hydroxylation is 2. The fraction of sp³-hybridized carbons (Fsp3) is 0.217. The predicted molar refractivity (Wildman–Crippen MR) is 117 cm³/mol. The molecule has 0 aliphatic carbocycles. The fourth-order valence-corrected chi connectivity index (χ4v) is 3.44. The van der Waals surface area contributed by atoms with Gasteiger partial charge in [0.15, 0.2) is 22.9 Å². The van der Waals surface area contributed by atoms with Crippen molar-refractivity contribution in [3.05, 3.63) is 87.9 Å². The summed E-state index contributed by atoms with van der Waals surface area (Å²) in [5, 5.41) is 6.92. The Balaban J connectivity index is 1.44. The molecule has 1 amide bonds. The first kappa shape index (κ1) is 21.2. The lowest BCUT2D eigenvalue weighted by Gasteiger charge is -2.08. The molecule has 0 aliphatic rings. The molecule has 164 valence electrons. The molecule has 8 nitrogen and oxygen atoms in total. The van der Waals surface area contributed by atoms with Crippen LogP contribution in [0, 0.1) is 5.82 Å². The van der Waals surface area contributed by atoms with E-state index in [9.17, 15) is 14.0 Å². The van der Waals surface area contributed by atoms with E-state index in [4.69, 9.17) is 4.74 Å². The Bertz CT molecular complexity index is 1300. The summed E-state index contributed by atoms with van der Waals surface area (Å²) < 4.78 is 20.1. The highest BCUT2D eigenvalue weighted by molar-refractivity contribution is 5.92. The molecule has 0 unspecified atom stereocenters. The lowest BCUT2D eigenvalue weighted by atomic mass is 10.1. The topological polar surface area (TPSA) is 102 Å². The van der Waals surface area contributed by atoms with E-state index in [2.05, 4.69) is 32.5 Å². The van der Waals surface area contributed by atoms with Crippen LogP contribution in [0.15, 0.2) is 59.5 Å². The van der Waals surface area contributed by atoms with Gasteiger partial charge in [-0.05, 0) is 36.1 Å². The van der Waals surface area contributed by atoms with Gasteiger partial charge in [0.1, 0.15) is 5.52 Å². The number of benzene rings is 2. The molecular weight excluding hydrogens is 413 g/mol. The molecule has 2 aromatic heterocycles. The number of ether oxygens (including phenoxy) is 1. The van der Waals surface area contributed by atoms with Crippen LogP contribution in [0.4, 0.5) is 4.39 Å². The van der Waals surface area contributed by atoms with E-state index in [1.54, 1.807) is 4.68 Å². The molecule has 2 N–H and O–H groups in total. The van der Waals surface area contributed by atoms with E-state index < -0.39 is 17.3 Å². The number of carbonyl (C=O) groups excluding carboxylic acids is 1. The number of fused-ring (bicyclic) bond motifs is 1. The molecule has 0 radical (unpaired) electrons. The maximum atomic E-state index is 13.5. The first-order valence-corrected chi connectivity index (χ1v) is 10.2. The average Bonchev–Trinajstić information content (AvgIpc) is 3.22. The molecule has 4 aromatic rings. The molecule has 0 saturated carbocycles. The third-order valence-corrected chi connectivity index (χ3v) is 5.06. The van der Waals surface area contributed by atoms with Crippen LogP contribution in [0.2, 0.25) is 0 Å². The Morgan fingerprint density at radius 3 is 2.78 bits per heavy atom. The Morgan fingerprint density at radius 2 is 2.00 bits per heavy atom. The molecule has 0 fully saturated rings. The van der Waals surface area contributed by atoms with Crippen LogP contribution in [0.25, 0.3) is 11.0 Å². The van der Waals surface area contributed by atoms with Crippen molar-refractivity contribution < 1.29 is 13.9 Å². The molecule has 0 spiro atoms. The van der Waals surface area contributed by atoms with Crippen molar-refractivity contribution in [3.8, 4) is 5.75 Å². The van der Waals surface area contributed by atoms with Gasteiger partial charge in [-0.15, -0.1) is 0 Å². The molecule has 32 heavy (non-hydrogen) atoms. The van der Waals surface area contributed by atoms with Crippen LogP contribution in [-0.2, 0) is 19.5 Å². The van der Waals surface area contributed by atoms with Crippen molar-refractivity contribution in [3.63, 3.8) is 0 Å². The maximum absolute atomic E-state index is 13.5. The number of methoxy groups -OCH3 is 1. The van der Waals surface area contributed by atoms with Crippen LogP contribution >= 0.6 is 0 Å². The Morgan fingerprint density at radius 1 is 1.19 bits per heavy atom. The molecule has 0 bridgehead atoms. The second-order valence-electron chi connectivity index (χ2n) is 7.26. The Hall–Kier alpha value is -4.01. The summed E-state index contributed by atoms with van der Waals surface area (Å²) in [5.74, 6) is -1.06. The van der Waals surface area contributed by atoms with E-state index in [0.717, 1.165) is 12.8 Å². The van der Waals surface area contributed by atoms with Crippen LogP contribution in [0.5, 0.6) is 5.75 Å². The summed E-state index contributed by atoms with van der Waals surface area (Å²) >= 11 is 0. The molecule has 2 heterocycles. The smallest absolute Gasteiger partial charge is 0.287 e. The minimum absolute atomic E-state index is 0.0874. The molecule has 2 aromatic carbocycles. The minimum Gasteiger partial charge on any atom is -0.494 e. The van der Waals surface area contributed by atoms with E-state index in [-0.39, 0.29) is 18.1 Å². The molecule has 4 rings (SSSR count). The molecular formula is C23H22FN5O3. The van der Waals surface area contributed by atoms with Crippen molar-refractivity contribution in [2.24, 2.45) is 0 Å². The van der Waals surface area contributed by atoms with Gasteiger partial charge in [0.25, 0.3) is 11.5 Å². The third kappa shape index (κ3) is 4.66. The normalized spacial score (nSPS) is 10.9. The molecule has 9 heteroatoms. The summed E-state index contributed by atoms with van der Waals surface area (Å²) in [5.41, 5.74) is 2.11. The van der Waals surface area contributed by atoms with Gasteiger partial charge >= 0.3 is 0 Å². The molecule has 0 aliphatic heterocycles. The Labute approximate surface area is 183 Å². The first-order chi connectivity index (χ1) is 15.5. The standard InChI is InChI=1S/C23H22FN5O3/c1-32-19-12-16(9-10-17(19)24)13-25-23(31)21-27-18-14-26-29(20(18)22(30)28-21)11-5-8-15-6-3-2-4-7-15/h2-4,6-7,9-10,12,14H,5,8,11,13H2,1H3,(H,25,31)(H,27,28,30). The summed E-state index contributed by atoms with van der Waals surface area (Å²) in [4.78, 5) is 31.9. The number of H-pyrrole nitrogens is 1. The van der Waals surface area contributed by atoms with E-state index >= 15 is 0 Å². The van der Waals surface area contributed by atoms with Gasteiger partial charge in [-0.2, -0.15) is 5.10 Å². The van der Waals surface area contributed by atoms with Gasteiger partial charge < -0.3 is 15.0 Å². The summed E-state index contributed by atoms with van der Waals surface area (Å²) in [7, 11) is 1.37. The second kappa shape index (κ2) is 9.42. The summed E-state index contributed by atoms with van der Waals surface area (Å²) in [6.45, 7) is 0.678.